The van der Waals surface area contributed by atoms with Gasteiger partial charge in [-0.15, -0.1) is 0 Å². The summed E-state index contributed by atoms with van der Waals surface area (Å²) in [6.45, 7) is 8.13. The topological polar surface area (TPSA) is 121 Å². The summed E-state index contributed by atoms with van der Waals surface area (Å²) < 4.78 is 9.50. The van der Waals surface area contributed by atoms with Gasteiger partial charge in [0.05, 0.1) is 18.9 Å². The number of nitrogens with zero attached hydrogens (tertiary/aromatic N) is 2. The number of nitrogens with two attached hydrogens (primary N) is 2. The van der Waals surface area contributed by atoms with Crippen LogP contribution in [0.2, 0.25) is 5.15 Å². The van der Waals surface area contributed by atoms with Crippen molar-refractivity contribution in [3.8, 4) is 0 Å². The van der Waals surface area contributed by atoms with E-state index in [-0.39, 0.29) is 17.4 Å². The third-order valence-electron chi connectivity index (χ3n) is 3.62. The molecule has 0 aliphatic carbocycles. The Hall–Kier alpha value is -1.77. The fraction of sp³-hybridized carbons (Fsp3) is 0.611. The van der Waals surface area contributed by atoms with Gasteiger partial charge < -0.3 is 22.2 Å². The molecule has 9 heteroatoms. The molecule has 2 rings (SSSR count). The number of halogens is 2. The fourth-order valence-corrected chi connectivity index (χ4v) is 2.72. The van der Waals surface area contributed by atoms with E-state index in [0.29, 0.717) is 42.3 Å². The Morgan fingerprint density at radius 2 is 1.96 bits per heavy atom. The highest BCUT2D eigenvalue weighted by molar-refractivity contribution is 6.29. The SMILES string of the molecule is CC(C)(C)CC(=O)NC1CN(CC(=N)c2cnc(Cl)cc2N)C1.CF.CN. The minimum Gasteiger partial charge on any atom is -0.398 e. The lowest BCUT2D eigenvalue weighted by Crippen LogP contribution is -2.60. The Kier molecular flexibility index (Phi) is 11.1. The molecule has 1 saturated heterocycles. The van der Waals surface area contributed by atoms with Crippen molar-refractivity contribution >= 4 is 28.9 Å². The van der Waals surface area contributed by atoms with E-state index in [4.69, 9.17) is 22.7 Å². The normalized spacial score (nSPS) is 14.1. The van der Waals surface area contributed by atoms with Crippen LogP contribution in [0.3, 0.4) is 0 Å². The summed E-state index contributed by atoms with van der Waals surface area (Å²) >= 11 is 5.77. The van der Waals surface area contributed by atoms with Crippen molar-refractivity contribution in [1.29, 1.82) is 5.41 Å². The van der Waals surface area contributed by atoms with Crippen molar-refractivity contribution in [2.24, 2.45) is 11.1 Å². The number of hydrogen-bond acceptors (Lipinski definition) is 6. The lowest BCUT2D eigenvalue weighted by molar-refractivity contribution is -0.124. The average molecular weight is 403 g/mol. The van der Waals surface area contributed by atoms with Gasteiger partial charge in [0.15, 0.2) is 0 Å². The van der Waals surface area contributed by atoms with E-state index in [9.17, 15) is 9.18 Å². The molecule has 0 aromatic carbocycles. The maximum absolute atomic E-state index is 11.9. The molecular formula is C18H32ClFN6O. The van der Waals surface area contributed by atoms with E-state index >= 15 is 0 Å². The lowest BCUT2D eigenvalue weighted by Gasteiger charge is -2.40. The van der Waals surface area contributed by atoms with Crippen LogP contribution in [0.1, 0.15) is 32.8 Å². The van der Waals surface area contributed by atoms with Crippen LogP contribution in [-0.2, 0) is 4.79 Å². The Bertz CT molecular complexity index is 614. The number of alkyl halides is 1. The Morgan fingerprint density at radius 1 is 1.41 bits per heavy atom. The molecule has 0 radical (unpaired) electrons. The van der Waals surface area contributed by atoms with Crippen molar-refractivity contribution < 1.29 is 9.18 Å². The number of carbonyl (C=O) groups is 1. The number of hydrogen-bond donors (Lipinski definition) is 4. The number of nitrogen functional groups attached to an aromatic ring is 1. The fourth-order valence-electron chi connectivity index (χ4n) is 2.56. The van der Waals surface area contributed by atoms with E-state index in [1.807, 2.05) is 20.8 Å². The number of rotatable bonds is 5. The summed E-state index contributed by atoms with van der Waals surface area (Å²) in [6.07, 6.45) is 2.05. The summed E-state index contributed by atoms with van der Waals surface area (Å²) in [5, 5.41) is 11.5. The predicted molar refractivity (Wildman–Crippen MR) is 110 cm³/mol. The maximum atomic E-state index is 11.9. The van der Waals surface area contributed by atoms with Gasteiger partial charge in [-0.05, 0) is 18.5 Å². The zero-order valence-electron chi connectivity index (χ0n) is 16.8. The van der Waals surface area contributed by atoms with Crippen molar-refractivity contribution in [1.82, 2.24) is 15.2 Å². The molecule has 27 heavy (non-hydrogen) atoms. The third kappa shape index (κ3) is 9.12. The standard InChI is InChI=1S/C16H24ClN5O.CH3F.CH5N/c1-16(2,3)5-15(23)21-10-7-22(8-10)9-13(19)11-6-20-14(17)4-12(11)18;2*1-2/h4,6,10,19H,5,7-9H2,1-3H3,(H2,18,20)(H,21,23);1H3;2H2,1H3. The summed E-state index contributed by atoms with van der Waals surface area (Å²) in [4.78, 5) is 17.9. The second-order valence-electron chi connectivity index (χ2n) is 7.27. The van der Waals surface area contributed by atoms with Crippen LogP contribution in [0.5, 0.6) is 0 Å². The second kappa shape index (κ2) is 11.8. The van der Waals surface area contributed by atoms with Gasteiger partial charge in [-0.25, -0.2) is 4.98 Å². The number of amides is 1. The maximum Gasteiger partial charge on any atom is 0.220 e. The Labute approximate surface area is 166 Å². The minimum atomic E-state index is -0.00520. The number of pyridine rings is 1. The van der Waals surface area contributed by atoms with Crippen LogP contribution in [0.15, 0.2) is 12.3 Å². The first-order valence-electron chi connectivity index (χ1n) is 8.60. The molecule has 0 saturated carbocycles. The number of anilines is 1. The smallest absolute Gasteiger partial charge is 0.220 e. The molecule has 2 heterocycles. The Morgan fingerprint density at radius 3 is 2.44 bits per heavy atom. The summed E-state index contributed by atoms with van der Waals surface area (Å²) in [5.74, 6) is 0.0865. The first kappa shape index (κ1) is 25.2. The summed E-state index contributed by atoms with van der Waals surface area (Å²) in [7, 11) is 2.00. The molecular weight excluding hydrogens is 371 g/mol. The van der Waals surface area contributed by atoms with Crippen molar-refractivity contribution in [2.45, 2.75) is 33.2 Å². The molecule has 1 aliphatic rings. The van der Waals surface area contributed by atoms with Gasteiger partial charge in [-0.1, -0.05) is 32.4 Å². The molecule has 0 bridgehead atoms. The van der Waals surface area contributed by atoms with E-state index in [0.717, 1.165) is 13.1 Å². The van der Waals surface area contributed by atoms with Crippen LogP contribution < -0.4 is 16.8 Å². The monoisotopic (exact) mass is 402 g/mol. The van der Waals surface area contributed by atoms with Gasteiger partial charge in [-0.3, -0.25) is 14.1 Å². The average Bonchev–Trinajstić information content (AvgIpc) is 2.54. The first-order chi connectivity index (χ1) is 12.6. The Balaban J connectivity index is 0.00000158. The van der Waals surface area contributed by atoms with E-state index < -0.39 is 0 Å². The van der Waals surface area contributed by atoms with Gasteiger partial charge in [-0.2, -0.15) is 0 Å². The predicted octanol–water partition coefficient (Wildman–Crippen LogP) is 2.08. The number of aromatic nitrogens is 1. The molecule has 7 nitrogen and oxygen atoms in total. The third-order valence-corrected chi connectivity index (χ3v) is 3.83. The van der Waals surface area contributed by atoms with Crippen LogP contribution >= 0.6 is 11.6 Å². The van der Waals surface area contributed by atoms with Crippen molar-refractivity contribution in [3.63, 3.8) is 0 Å². The van der Waals surface area contributed by atoms with Crippen LogP contribution in [0, 0.1) is 10.8 Å². The van der Waals surface area contributed by atoms with Crippen molar-refractivity contribution in [2.75, 3.05) is 39.6 Å². The highest BCUT2D eigenvalue weighted by Crippen LogP contribution is 2.20. The molecule has 1 amide bonds. The van der Waals surface area contributed by atoms with Crippen molar-refractivity contribution in [3.05, 3.63) is 23.0 Å². The molecule has 154 valence electrons. The first-order valence-corrected chi connectivity index (χ1v) is 8.98. The lowest BCUT2D eigenvalue weighted by atomic mass is 9.91. The molecule has 0 unspecified atom stereocenters. The number of nitrogens with one attached hydrogen (secondary N) is 2. The highest BCUT2D eigenvalue weighted by Gasteiger charge is 2.29. The molecule has 1 aromatic heterocycles. The quantitative estimate of drug-likeness (QED) is 0.443. The van der Waals surface area contributed by atoms with Crippen LogP contribution in [-0.4, -0.2) is 61.4 Å². The molecule has 1 fully saturated rings. The van der Waals surface area contributed by atoms with Gasteiger partial charge in [0.1, 0.15) is 5.15 Å². The number of likely N-dealkylation sites (tertiary alicyclic amines) is 1. The zero-order valence-corrected chi connectivity index (χ0v) is 17.5. The van der Waals surface area contributed by atoms with Gasteiger partial charge in [0.2, 0.25) is 5.91 Å². The largest absolute Gasteiger partial charge is 0.398 e. The molecule has 0 spiro atoms. The van der Waals surface area contributed by atoms with E-state index in [2.05, 4.69) is 20.9 Å². The summed E-state index contributed by atoms with van der Waals surface area (Å²) in [5.41, 5.74) is 11.8. The van der Waals surface area contributed by atoms with E-state index in [1.54, 1.807) is 6.07 Å². The van der Waals surface area contributed by atoms with E-state index in [1.165, 1.54) is 13.2 Å². The highest BCUT2D eigenvalue weighted by atomic mass is 35.5. The van der Waals surface area contributed by atoms with Gasteiger partial charge >= 0.3 is 0 Å². The molecule has 6 N–H and O–H groups in total. The molecule has 0 atom stereocenters. The minimum absolute atomic E-state index is 0.00520. The van der Waals surface area contributed by atoms with Gasteiger partial charge in [0.25, 0.3) is 0 Å². The molecule has 1 aliphatic heterocycles. The molecule has 1 aromatic rings. The zero-order chi connectivity index (χ0) is 21.2. The second-order valence-corrected chi connectivity index (χ2v) is 7.66. The van der Waals surface area contributed by atoms with Gasteiger partial charge in [0, 0.05) is 43.5 Å². The van der Waals surface area contributed by atoms with Crippen LogP contribution in [0.4, 0.5) is 10.1 Å². The summed E-state index contributed by atoms with van der Waals surface area (Å²) in [6, 6.07) is 1.72. The number of carbonyl (C=O) groups excluding carboxylic acids is 1. The van der Waals surface area contributed by atoms with Crippen LogP contribution in [0.25, 0.3) is 0 Å².